The quantitative estimate of drug-likeness (QED) is 0.773. The third-order valence-electron chi connectivity index (χ3n) is 2.83. The molecular weight excluding hydrogens is 260 g/mol. The summed E-state index contributed by atoms with van der Waals surface area (Å²) in [6.45, 7) is 6.44. The highest BCUT2D eigenvalue weighted by Crippen LogP contribution is 2.22. The van der Waals surface area contributed by atoms with E-state index in [9.17, 15) is 14.7 Å². The Labute approximate surface area is 118 Å². The summed E-state index contributed by atoms with van der Waals surface area (Å²) in [4.78, 5) is 24.5. The molecule has 0 aromatic heterocycles. The normalized spacial score (nSPS) is 10.4. The van der Waals surface area contributed by atoms with Crippen LogP contribution in [0.3, 0.4) is 0 Å². The molecule has 0 saturated heterocycles. The molecule has 0 spiro atoms. The third kappa shape index (κ3) is 3.88. The Hall–Kier alpha value is -2.24. The number of carboxylic acid groups (broad SMARTS) is 1. The highest BCUT2D eigenvalue weighted by molar-refractivity contribution is 5.94. The number of nitrogens with zero attached hydrogens (tertiary/aromatic N) is 1. The number of carbonyl (C=O) groups excluding carboxylic acids is 1. The Balaban J connectivity index is 2.85. The van der Waals surface area contributed by atoms with Gasteiger partial charge in [-0.2, -0.15) is 0 Å². The maximum Gasteiger partial charge on any atom is 0.339 e. The monoisotopic (exact) mass is 280 g/mol. The number of hydrogen-bond acceptors (Lipinski definition) is 3. The Bertz CT molecular complexity index is 500. The predicted octanol–water partition coefficient (Wildman–Crippen LogP) is 2.74. The van der Waals surface area contributed by atoms with Crippen molar-refractivity contribution < 1.29 is 19.8 Å². The second-order valence-electron chi connectivity index (χ2n) is 4.75. The second-order valence-corrected chi connectivity index (χ2v) is 4.75. The van der Waals surface area contributed by atoms with E-state index in [0.29, 0.717) is 12.2 Å². The number of hydrogen-bond donors (Lipinski definition) is 3. The first-order chi connectivity index (χ1) is 9.36. The number of rotatable bonds is 5. The minimum Gasteiger partial charge on any atom is -0.507 e. The number of aromatic hydroxyl groups is 1. The van der Waals surface area contributed by atoms with Crippen LogP contribution in [-0.4, -0.2) is 39.7 Å². The number of urea groups is 1. The van der Waals surface area contributed by atoms with Crippen LogP contribution in [0.2, 0.25) is 0 Å². The van der Waals surface area contributed by atoms with Gasteiger partial charge in [0.2, 0.25) is 0 Å². The average Bonchev–Trinajstić information content (AvgIpc) is 2.34. The Morgan fingerprint density at radius 2 is 2.00 bits per heavy atom. The van der Waals surface area contributed by atoms with E-state index in [1.165, 1.54) is 18.2 Å². The smallest absolute Gasteiger partial charge is 0.339 e. The van der Waals surface area contributed by atoms with Gasteiger partial charge in [-0.15, -0.1) is 0 Å². The molecule has 1 aromatic rings. The number of nitrogens with one attached hydrogen (secondary N) is 1. The van der Waals surface area contributed by atoms with Crippen molar-refractivity contribution in [2.24, 2.45) is 0 Å². The predicted molar refractivity (Wildman–Crippen MR) is 76.2 cm³/mol. The topological polar surface area (TPSA) is 89.9 Å². The van der Waals surface area contributed by atoms with E-state index in [1.807, 2.05) is 20.8 Å². The molecule has 0 radical (unpaired) electrons. The lowest BCUT2D eigenvalue weighted by molar-refractivity contribution is 0.0694. The molecule has 0 atom stereocenters. The van der Waals surface area contributed by atoms with Crippen molar-refractivity contribution in [3.63, 3.8) is 0 Å². The van der Waals surface area contributed by atoms with E-state index in [2.05, 4.69) is 5.32 Å². The van der Waals surface area contributed by atoms with E-state index in [0.717, 1.165) is 6.42 Å². The number of amides is 2. The molecule has 0 aliphatic carbocycles. The van der Waals surface area contributed by atoms with Crippen LogP contribution in [0.25, 0.3) is 0 Å². The molecule has 0 bridgehead atoms. The van der Waals surface area contributed by atoms with E-state index in [4.69, 9.17) is 5.11 Å². The zero-order chi connectivity index (χ0) is 15.3. The van der Waals surface area contributed by atoms with Gasteiger partial charge in [-0.1, -0.05) is 6.92 Å². The lowest BCUT2D eigenvalue weighted by Crippen LogP contribution is -2.40. The SMILES string of the molecule is CCCN(C(=O)Nc1ccc(C(=O)O)c(O)c1)C(C)C. The molecule has 0 saturated carbocycles. The van der Waals surface area contributed by atoms with Crippen molar-refractivity contribution in [3.05, 3.63) is 23.8 Å². The zero-order valence-corrected chi connectivity index (χ0v) is 11.9. The van der Waals surface area contributed by atoms with Crippen molar-refractivity contribution in [3.8, 4) is 5.75 Å². The molecule has 0 unspecified atom stereocenters. The van der Waals surface area contributed by atoms with Gasteiger partial charge in [-0.3, -0.25) is 0 Å². The molecular formula is C14H20N2O4. The van der Waals surface area contributed by atoms with Crippen LogP contribution >= 0.6 is 0 Å². The van der Waals surface area contributed by atoms with Crippen molar-refractivity contribution in [1.82, 2.24) is 4.90 Å². The molecule has 0 fully saturated rings. The van der Waals surface area contributed by atoms with Gasteiger partial charge < -0.3 is 20.4 Å². The van der Waals surface area contributed by atoms with Gasteiger partial charge in [0.05, 0.1) is 0 Å². The van der Waals surface area contributed by atoms with Gasteiger partial charge in [0.15, 0.2) is 0 Å². The molecule has 3 N–H and O–H groups in total. The van der Waals surface area contributed by atoms with Gasteiger partial charge >= 0.3 is 12.0 Å². The Kier molecular flexibility index (Phi) is 5.37. The lowest BCUT2D eigenvalue weighted by atomic mass is 10.2. The molecule has 0 aliphatic heterocycles. The number of aromatic carboxylic acids is 1. The van der Waals surface area contributed by atoms with Crippen LogP contribution in [-0.2, 0) is 0 Å². The van der Waals surface area contributed by atoms with Crippen LogP contribution in [0.1, 0.15) is 37.6 Å². The van der Waals surface area contributed by atoms with E-state index in [1.54, 1.807) is 4.90 Å². The number of carboxylic acids is 1. The minimum absolute atomic E-state index is 0.0573. The lowest BCUT2D eigenvalue weighted by Gasteiger charge is -2.26. The summed E-state index contributed by atoms with van der Waals surface area (Å²) < 4.78 is 0. The van der Waals surface area contributed by atoms with Gasteiger partial charge in [0.25, 0.3) is 0 Å². The van der Waals surface area contributed by atoms with E-state index in [-0.39, 0.29) is 23.4 Å². The summed E-state index contributed by atoms with van der Waals surface area (Å²) in [6.07, 6.45) is 0.842. The molecule has 20 heavy (non-hydrogen) atoms. The molecule has 1 aromatic carbocycles. The highest BCUT2D eigenvalue weighted by atomic mass is 16.4. The molecule has 0 aliphatic rings. The van der Waals surface area contributed by atoms with Crippen LogP contribution in [0.4, 0.5) is 10.5 Å². The first-order valence-electron chi connectivity index (χ1n) is 6.50. The molecule has 2 amide bonds. The standard InChI is InChI=1S/C14H20N2O4/c1-4-7-16(9(2)3)14(20)15-10-5-6-11(13(18)19)12(17)8-10/h5-6,8-9,17H,4,7H2,1-3H3,(H,15,20)(H,18,19). The number of phenols is 1. The third-order valence-corrected chi connectivity index (χ3v) is 2.83. The minimum atomic E-state index is -1.21. The fourth-order valence-electron chi connectivity index (χ4n) is 1.82. The van der Waals surface area contributed by atoms with Crippen molar-refractivity contribution in [2.75, 3.05) is 11.9 Å². The first-order valence-corrected chi connectivity index (χ1v) is 6.50. The zero-order valence-electron chi connectivity index (χ0n) is 11.9. The number of carbonyl (C=O) groups is 2. The Morgan fingerprint density at radius 3 is 2.45 bits per heavy atom. The maximum absolute atomic E-state index is 12.1. The maximum atomic E-state index is 12.1. The summed E-state index contributed by atoms with van der Waals surface area (Å²) in [5.74, 6) is -1.59. The van der Waals surface area contributed by atoms with Crippen molar-refractivity contribution in [1.29, 1.82) is 0 Å². The second kappa shape index (κ2) is 6.79. The average molecular weight is 280 g/mol. The first kappa shape index (κ1) is 15.8. The summed E-state index contributed by atoms with van der Waals surface area (Å²) in [6, 6.07) is 3.72. The van der Waals surface area contributed by atoms with Crippen molar-refractivity contribution in [2.45, 2.75) is 33.2 Å². The Morgan fingerprint density at radius 1 is 1.35 bits per heavy atom. The van der Waals surface area contributed by atoms with Crippen LogP contribution in [0.5, 0.6) is 5.75 Å². The van der Waals surface area contributed by atoms with Crippen LogP contribution in [0, 0.1) is 0 Å². The van der Waals surface area contributed by atoms with Crippen molar-refractivity contribution >= 4 is 17.7 Å². The molecule has 6 heteroatoms. The van der Waals surface area contributed by atoms with Crippen LogP contribution in [0.15, 0.2) is 18.2 Å². The summed E-state index contributed by atoms with van der Waals surface area (Å²) in [5.41, 5.74) is 0.163. The van der Waals surface area contributed by atoms with Gasteiger partial charge in [-0.25, -0.2) is 9.59 Å². The molecule has 1 rings (SSSR count). The molecule has 0 heterocycles. The van der Waals surface area contributed by atoms with E-state index < -0.39 is 5.97 Å². The largest absolute Gasteiger partial charge is 0.507 e. The summed E-state index contributed by atoms with van der Waals surface area (Å²) in [7, 11) is 0. The summed E-state index contributed by atoms with van der Waals surface area (Å²) >= 11 is 0. The van der Waals surface area contributed by atoms with Gasteiger partial charge in [0, 0.05) is 24.3 Å². The molecule has 6 nitrogen and oxygen atoms in total. The number of anilines is 1. The number of benzene rings is 1. The highest BCUT2D eigenvalue weighted by Gasteiger charge is 2.17. The fraction of sp³-hybridized carbons (Fsp3) is 0.429. The van der Waals surface area contributed by atoms with Crippen LogP contribution < -0.4 is 5.32 Å². The molecule has 110 valence electrons. The van der Waals surface area contributed by atoms with Gasteiger partial charge in [0.1, 0.15) is 11.3 Å². The fourth-order valence-corrected chi connectivity index (χ4v) is 1.82. The van der Waals surface area contributed by atoms with E-state index >= 15 is 0 Å². The summed E-state index contributed by atoms with van der Waals surface area (Å²) in [5, 5.41) is 21.0. The van der Waals surface area contributed by atoms with Gasteiger partial charge in [-0.05, 0) is 32.4 Å².